The number of aliphatic hydroxyl groups excluding tert-OH is 1. The molecule has 10 atom stereocenters. The van der Waals surface area contributed by atoms with Crippen molar-refractivity contribution in [2.75, 3.05) is 11.9 Å². The second-order valence-corrected chi connectivity index (χ2v) is 23.8. The number of amides is 2. The Labute approximate surface area is 407 Å². The Morgan fingerprint density at radius 1 is 0.824 bits per heavy atom. The van der Waals surface area contributed by atoms with Crippen molar-refractivity contribution in [2.24, 2.45) is 56.7 Å². The van der Waals surface area contributed by atoms with Crippen molar-refractivity contribution in [3.63, 3.8) is 0 Å². The largest absolute Gasteiger partial charge is 0.481 e. The molecule has 2 aromatic rings. The highest BCUT2D eigenvalue weighted by molar-refractivity contribution is 6.08. The number of aryl methyl sites for hydroxylation is 2. The van der Waals surface area contributed by atoms with Crippen molar-refractivity contribution in [1.82, 2.24) is 5.32 Å². The van der Waals surface area contributed by atoms with Crippen molar-refractivity contribution in [3.8, 4) is 0 Å². The molecule has 1 heterocycles. The number of hydrogen-bond donors (Lipinski definition) is 4. The quantitative estimate of drug-likeness (QED) is 0.0258. The fraction of sp³-hybridized carbons (Fsp3) is 0.707. The Balaban J connectivity index is 0.870. The average Bonchev–Trinajstić information content (AvgIpc) is 3.69. The maximum absolute atomic E-state index is 14.6. The van der Waals surface area contributed by atoms with Gasteiger partial charge in [-0.3, -0.25) is 19.2 Å². The van der Waals surface area contributed by atoms with Crippen LogP contribution in [0.25, 0.3) is 10.9 Å². The fourth-order valence-electron chi connectivity index (χ4n) is 16.3. The van der Waals surface area contributed by atoms with Gasteiger partial charge in [-0.25, -0.2) is 0 Å². The van der Waals surface area contributed by atoms with E-state index in [0.717, 1.165) is 93.9 Å². The summed E-state index contributed by atoms with van der Waals surface area (Å²) in [5.74, 6) is 1.42. The van der Waals surface area contributed by atoms with E-state index < -0.39 is 11.9 Å². The average molecular weight is 937 g/mol. The molecule has 5 aliphatic carbocycles. The summed E-state index contributed by atoms with van der Waals surface area (Å²) < 4.78 is 7.23. The molecule has 0 spiro atoms. The van der Waals surface area contributed by atoms with Crippen molar-refractivity contribution < 1.29 is 38.7 Å². The zero-order valence-corrected chi connectivity index (χ0v) is 43.1. The van der Waals surface area contributed by atoms with Crippen LogP contribution in [0.5, 0.6) is 0 Å². The van der Waals surface area contributed by atoms with E-state index in [4.69, 9.17) is 4.74 Å². The highest BCUT2D eigenvalue weighted by atomic mass is 16.5. The number of fused-ring (bicyclic) bond motifs is 8. The van der Waals surface area contributed by atoms with Crippen molar-refractivity contribution in [1.29, 1.82) is 0 Å². The molecular formula is C58H86N3O7+. The number of carbonyl (C=O) groups is 4. The monoisotopic (exact) mass is 937 g/mol. The van der Waals surface area contributed by atoms with E-state index in [2.05, 4.69) is 69.4 Å². The number of carboxylic acids is 1. The number of carbonyl (C=O) groups excluding carboxylic acids is 3. The number of anilines is 1. The molecule has 0 bridgehead atoms. The molecule has 0 radical (unpaired) electrons. The standard InChI is InChI=1S/C58H85N3O7/c1-38(2)41-26-31-58(33-32-56(8)44(51(41)58)23-24-48-55(7)29-28-49(63)54(5,6)47(55)27-30-57(48,56)9)53(67)59-34-18-14-12-10-11-13-15-19-35-61-39(3)36-45(43-20-16-17-21-46(43)61)60-52(66)42(22-25-50(64)65)40(4)68-37-62/h16-17,20-21,36-37,41,44,47-49,51,63H,1,10-15,18-19,22-35H2,2-9H3,(H2,59,64,65,67)/p+1/b42-40-/t41?,44?,47?,48?,49-,51?,55-,56+,57+,58-/m0/s1. The molecule has 5 aliphatic rings. The molecule has 5 unspecified atom stereocenters. The van der Waals surface area contributed by atoms with Gasteiger partial charge in [0.25, 0.3) is 12.4 Å². The van der Waals surface area contributed by atoms with Gasteiger partial charge in [-0.15, -0.1) is 0 Å². The molecule has 1 aromatic heterocycles. The first-order valence-corrected chi connectivity index (χ1v) is 26.6. The Hall–Kier alpha value is -4.05. The number of carboxylic acid groups (broad SMARTS) is 1. The van der Waals surface area contributed by atoms with Gasteiger partial charge in [-0.1, -0.05) is 91.0 Å². The number of pyridine rings is 1. The summed E-state index contributed by atoms with van der Waals surface area (Å²) in [6.07, 6.45) is 19.7. The van der Waals surface area contributed by atoms with Gasteiger partial charge in [0.1, 0.15) is 12.3 Å². The molecule has 2 amide bonds. The van der Waals surface area contributed by atoms with Crippen LogP contribution in [0.1, 0.15) is 183 Å². The first kappa shape index (κ1) is 51.8. The smallest absolute Gasteiger partial charge is 0.303 e. The zero-order valence-electron chi connectivity index (χ0n) is 43.1. The van der Waals surface area contributed by atoms with Gasteiger partial charge in [0.2, 0.25) is 11.4 Å². The number of ether oxygens (including phenoxy) is 1. The summed E-state index contributed by atoms with van der Waals surface area (Å²) in [4.78, 5) is 50.2. The number of aliphatic carboxylic acids is 1. The lowest BCUT2D eigenvalue weighted by atomic mass is 9.32. The number of rotatable bonds is 20. The van der Waals surface area contributed by atoms with E-state index in [-0.39, 0.29) is 63.8 Å². The third kappa shape index (κ3) is 9.46. The van der Waals surface area contributed by atoms with Crippen molar-refractivity contribution in [2.45, 2.75) is 196 Å². The van der Waals surface area contributed by atoms with Gasteiger partial charge in [0.15, 0.2) is 5.69 Å². The lowest BCUT2D eigenvalue weighted by molar-refractivity contribution is -0.677. The van der Waals surface area contributed by atoms with Crippen LogP contribution in [0, 0.1) is 63.6 Å². The molecule has 68 heavy (non-hydrogen) atoms. The van der Waals surface area contributed by atoms with Gasteiger partial charge in [-0.2, -0.15) is 4.57 Å². The molecular weight excluding hydrogens is 851 g/mol. The second-order valence-electron chi connectivity index (χ2n) is 23.8. The number of nitrogens with zero attached hydrogens (tertiary/aromatic N) is 1. The Morgan fingerprint density at radius 2 is 1.51 bits per heavy atom. The second kappa shape index (κ2) is 20.7. The van der Waals surface area contributed by atoms with Crippen LogP contribution in [0.3, 0.4) is 0 Å². The van der Waals surface area contributed by atoms with Crippen molar-refractivity contribution >= 4 is 40.8 Å². The fourth-order valence-corrected chi connectivity index (χ4v) is 16.3. The first-order valence-electron chi connectivity index (χ1n) is 26.6. The highest BCUT2D eigenvalue weighted by Crippen LogP contribution is 2.77. The lowest BCUT2D eigenvalue weighted by Crippen LogP contribution is -2.67. The number of aliphatic hydroxyl groups is 1. The summed E-state index contributed by atoms with van der Waals surface area (Å²) in [7, 11) is 0. The van der Waals surface area contributed by atoms with Crippen LogP contribution in [-0.2, 0) is 30.5 Å². The summed E-state index contributed by atoms with van der Waals surface area (Å²) >= 11 is 0. The highest BCUT2D eigenvalue weighted by Gasteiger charge is 2.71. The molecule has 0 saturated heterocycles. The molecule has 5 fully saturated rings. The number of hydrogen-bond acceptors (Lipinski definition) is 6. The molecule has 10 nitrogen and oxygen atoms in total. The van der Waals surface area contributed by atoms with Gasteiger partial charge in [-0.05, 0) is 155 Å². The van der Waals surface area contributed by atoms with Gasteiger partial charge in [0.05, 0.1) is 28.2 Å². The maximum atomic E-state index is 14.6. The number of nitrogens with one attached hydrogen (secondary N) is 2. The molecule has 7 rings (SSSR count). The minimum atomic E-state index is -1.04. The van der Waals surface area contributed by atoms with E-state index in [1.165, 1.54) is 63.9 Å². The molecule has 1 aromatic carbocycles. The van der Waals surface area contributed by atoms with Crippen LogP contribution in [-0.4, -0.2) is 47.1 Å². The normalized spacial score (nSPS) is 33.0. The van der Waals surface area contributed by atoms with E-state index in [0.29, 0.717) is 41.2 Å². The maximum Gasteiger partial charge on any atom is 0.303 e. The predicted molar refractivity (Wildman–Crippen MR) is 269 cm³/mol. The molecule has 10 heteroatoms. The third-order valence-electron chi connectivity index (χ3n) is 20.1. The van der Waals surface area contributed by atoms with Crippen LogP contribution >= 0.6 is 0 Å². The number of aromatic nitrogens is 1. The number of allylic oxidation sites excluding steroid dienone is 2. The van der Waals surface area contributed by atoms with Crippen LogP contribution in [0.2, 0.25) is 0 Å². The SMILES string of the molecule is C=C(C)C1CC[C@]2(C(=O)NCCCCCCCCCC[n+]3c(C)cc(NC(=O)/C(CCC(=O)O)=C(/C)OC=O)c4ccccc43)CC[C@]3(C)C(CCC4[C@@]5(C)CC[C@H](O)C(C)(C)C5CC[C@]43C)C12. The van der Waals surface area contributed by atoms with E-state index in [1.54, 1.807) is 0 Å². The van der Waals surface area contributed by atoms with E-state index in [9.17, 15) is 29.4 Å². The van der Waals surface area contributed by atoms with E-state index in [1.807, 2.05) is 31.2 Å². The molecule has 0 aliphatic heterocycles. The number of benzene rings is 1. The summed E-state index contributed by atoms with van der Waals surface area (Å²) in [6, 6.07) is 9.90. The molecule has 4 N–H and O–H groups in total. The molecule has 374 valence electrons. The topological polar surface area (TPSA) is 146 Å². The minimum Gasteiger partial charge on any atom is -0.481 e. The Morgan fingerprint density at radius 3 is 2.21 bits per heavy atom. The molecule has 5 saturated carbocycles. The first-order chi connectivity index (χ1) is 32.3. The van der Waals surface area contributed by atoms with Crippen LogP contribution in [0.15, 0.2) is 53.8 Å². The van der Waals surface area contributed by atoms with Gasteiger partial charge in [0, 0.05) is 38.4 Å². The van der Waals surface area contributed by atoms with Crippen molar-refractivity contribution in [3.05, 3.63) is 59.5 Å². The lowest BCUT2D eigenvalue weighted by Gasteiger charge is -2.72. The van der Waals surface area contributed by atoms with Crippen LogP contribution in [0.4, 0.5) is 5.69 Å². The predicted octanol–water partition coefficient (Wildman–Crippen LogP) is 11.9. The van der Waals surface area contributed by atoms with Gasteiger partial charge >= 0.3 is 5.97 Å². The number of para-hydroxylation sites is 1. The number of unbranched alkanes of at least 4 members (excludes halogenated alkanes) is 7. The third-order valence-corrected chi connectivity index (χ3v) is 20.1. The van der Waals surface area contributed by atoms with Gasteiger partial charge < -0.3 is 25.6 Å². The van der Waals surface area contributed by atoms with E-state index >= 15 is 0 Å². The Bertz CT molecular complexity index is 2250. The Kier molecular flexibility index (Phi) is 15.8. The summed E-state index contributed by atoms with van der Waals surface area (Å²) in [5.41, 5.74) is 4.39. The zero-order chi connectivity index (χ0) is 49.2. The summed E-state index contributed by atoms with van der Waals surface area (Å²) in [5, 5.41) is 27.8. The minimum absolute atomic E-state index is 0.0451. The van der Waals surface area contributed by atoms with Crippen LogP contribution < -0.4 is 15.2 Å². The summed E-state index contributed by atoms with van der Waals surface area (Å²) in [6.45, 7) is 24.8.